The lowest BCUT2D eigenvalue weighted by atomic mass is 10.1. The van der Waals surface area contributed by atoms with Crippen molar-refractivity contribution in [2.24, 2.45) is 0 Å². The summed E-state index contributed by atoms with van der Waals surface area (Å²) in [5.74, 6) is -0.131. The molecule has 1 rings (SSSR count). The lowest BCUT2D eigenvalue weighted by Crippen LogP contribution is -2.36. The molecule has 1 aromatic rings. The van der Waals surface area contributed by atoms with Gasteiger partial charge < -0.3 is 5.32 Å². The van der Waals surface area contributed by atoms with E-state index in [0.717, 1.165) is 0 Å². The molecule has 0 saturated carbocycles. The van der Waals surface area contributed by atoms with Crippen LogP contribution < -0.4 is 5.32 Å². The molecule has 5 heteroatoms. The number of ketones is 1. The predicted octanol–water partition coefficient (Wildman–Crippen LogP) is 0.184. The highest BCUT2D eigenvalue weighted by Crippen LogP contribution is 1.99. The predicted molar refractivity (Wildman–Crippen MR) is 49.6 cm³/mol. The van der Waals surface area contributed by atoms with Crippen LogP contribution in [0.15, 0.2) is 18.5 Å². The van der Waals surface area contributed by atoms with Gasteiger partial charge in [0.2, 0.25) is 12.2 Å². The normalized spacial score (nSPS) is 11.8. The van der Waals surface area contributed by atoms with E-state index in [1.807, 2.05) is 6.92 Å². The van der Waals surface area contributed by atoms with Gasteiger partial charge in [0, 0.05) is 12.4 Å². The minimum absolute atomic E-state index is 0.133. The van der Waals surface area contributed by atoms with Crippen molar-refractivity contribution in [3.63, 3.8) is 0 Å². The number of amides is 1. The maximum absolute atomic E-state index is 11.6. The van der Waals surface area contributed by atoms with E-state index in [0.29, 0.717) is 12.8 Å². The summed E-state index contributed by atoms with van der Waals surface area (Å²) in [7, 11) is 0. The van der Waals surface area contributed by atoms with Crippen LogP contribution in [0.2, 0.25) is 0 Å². The number of nitrogens with zero attached hydrogens (tertiary/aromatic N) is 2. The summed E-state index contributed by atoms with van der Waals surface area (Å²) in [6.45, 7) is 1.81. The zero-order chi connectivity index (χ0) is 10.4. The molecule has 0 spiro atoms. The number of Topliss-reactive ketones (excluding diaryl/α,β-unsaturated/α-hetero) is 1. The standard InChI is InChI=1S/C9H11N3O2/c1-2-7(12-6-13)8(14)9-10-4-3-5-11-9/h3-7H,2H2,1H3,(H,12,13)/t7-/m0/s1. The van der Waals surface area contributed by atoms with E-state index in [9.17, 15) is 9.59 Å². The summed E-state index contributed by atoms with van der Waals surface area (Å²) in [6, 6.07) is 1.10. The number of hydrogen-bond acceptors (Lipinski definition) is 4. The molecule has 1 heterocycles. The number of carbonyl (C=O) groups is 2. The first-order valence-corrected chi connectivity index (χ1v) is 4.30. The topological polar surface area (TPSA) is 72.0 Å². The summed E-state index contributed by atoms with van der Waals surface area (Å²) in [4.78, 5) is 29.5. The van der Waals surface area contributed by atoms with E-state index in [4.69, 9.17) is 0 Å². The van der Waals surface area contributed by atoms with Crippen molar-refractivity contribution in [3.05, 3.63) is 24.3 Å². The summed E-state index contributed by atoms with van der Waals surface area (Å²) in [6.07, 6.45) is 4.02. The highest BCUT2D eigenvalue weighted by molar-refractivity contribution is 5.97. The maximum atomic E-state index is 11.6. The Morgan fingerprint density at radius 2 is 2.21 bits per heavy atom. The minimum Gasteiger partial charge on any atom is -0.348 e. The molecular formula is C9H11N3O2. The second-order valence-electron chi connectivity index (χ2n) is 2.68. The monoisotopic (exact) mass is 193 g/mol. The maximum Gasteiger partial charge on any atom is 0.222 e. The smallest absolute Gasteiger partial charge is 0.222 e. The van der Waals surface area contributed by atoms with E-state index < -0.39 is 6.04 Å². The fraction of sp³-hybridized carbons (Fsp3) is 0.333. The molecule has 0 aliphatic rings. The van der Waals surface area contributed by atoms with Crippen LogP contribution in [0.1, 0.15) is 24.0 Å². The van der Waals surface area contributed by atoms with Gasteiger partial charge in [0.15, 0.2) is 5.82 Å². The lowest BCUT2D eigenvalue weighted by Gasteiger charge is -2.10. The van der Waals surface area contributed by atoms with E-state index in [1.165, 1.54) is 12.4 Å². The summed E-state index contributed by atoms with van der Waals surface area (Å²) in [5.41, 5.74) is 0. The molecule has 0 aromatic carbocycles. The first-order chi connectivity index (χ1) is 6.79. The molecule has 1 N–H and O–H groups in total. The molecule has 1 amide bonds. The molecular weight excluding hydrogens is 182 g/mol. The van der Waals surface area contributed by atoms with Crippen LogP contribution in [-0.4, -0.2) is 28.2 Å². The second-order valence-corrected chi connectivity index (χ2v) is 2.68. The summed E-state index contributed by atoms with van der Waals surface area (Å²) >= 11 is 0. The number of nitrogens with one attached hydrogen (secondary N) is 1. The van der Waals surface area contributed by atoms with Crippen molar-refractivity contribution in [2.45, 2.75) is 19.4 Å². The molecule has 0 aliphatic heterocycles. The van der Waals surface area contributed by atoms with Gasteiger partial charge in [-0.15, -0.1) is 0 Å². The van der Waals surface area contributed by atoms with Gasteiger partial charge >= 0.3 is 0 Å². The minimum atomic E-state index is -0.533. The Bertz CT molecular complexity index is 313. The van der Waals surface area contributed by atoms with Gasteiger partial charge in [0.05, 0.1) is 6.04 Å². The first kappa shape index (κ1) is 10.3. The average molecular weight is 193 g/mol. The van der Waals surface area contributed by atoms with Gasteiger partial charge in [-0.05, 0) is 12.5 Å². The van der Waals surface area contributed by atoms with Crippen LogP contribution in [-0.2, 0) is 4.79 Å². The van der Waals surface area contributed by atoms with Gasteiger partial charge in [0.25, 0.3) is 0 Å². The summed E-state index contributed by atoms with van der Waals surface area (Å²) < 4.78 is 0. The number of rotatable bonds is 5. The van der Waals surface area contributed by atoms with E-state index >= 15 is 0 Å². The van der Waals surface area contributed by atoms with Crippen LogP contribution in [0.25, 0.3) is 0 Å². The fourth-order valence-electron chi connectivity index (χ4n) is 1.04. The van der Waals surface area contributed by atoms with E-state index in [2.05, 4.69) is 15.3 Å². The molecule has 1 atom stereocenters. The van der Waals surface area contributed by atoms with Gasteiger partial charge in [-0.3, -0.25) is 9.59 Å². The third-order valence-electron chi connectivity index (χ3n) is 1.78. The Morgan fingerprint density at radius 3 is 2.71 bits per heavy atom. The Hall–Kier alpha value is -1.78. The molecule has 14 heavy (non-hydrogen) atoms. The molecule has 0 fully saturated rings. The zero-order valence-corrected chi connectivity index (χ0v) is 7.80. The molecule has 0 unspecified atom stereocenters. The number of hydrogen-bond donors (Lipinski definition) is 1. The zero-order valence-electron chi connectivity index (χ0n) is 7.80. The fourth-order valence-corrected chi connectivity index (χ4v) is 1.04. The Balaban J connectivity index is 2.78. The van der Waals surface area contributed by atoms with Crippen molar-refractivity contribution < 1.29 is 9.59 Å². The van der Waals surface area contributed by atoms with Gasteiger partial charge in [-0.2, -0.15) is 0 Å². The van der Waals surface area contributed by atoms with Gasteiger partial charge in [0.1, 0.15) is 0 Å². The molecule has 1 aromatic heterocycles. The van der Waals surface area contributed by atoms with Crippen LogP contribution >= 0.6 is 0 Å². The molecule has 0 saturated heterocycles. The van der Waals surface area contributed by atoms with Crippen LogP contribution in [0.5, 0.6) is 0 Å². The van der Waals surface area contributed by atoms with E-state index in [-0.39, 0.29) is 11.6 Å². The average Bonchev–Trinajstić information content (AvgIpc) is 2.26. The Kier molecular flexibility index (Phi) is 3.72. The van der Waals surface area contributed by atoms with E-state index in [1.54, 1.807) is 6.07 Å². The molecule has 5 nitrogen and oxygen atoms in total. The first-order valence-electron chi connectivity index (χ1n) is 4.30. The van der Waals surface area contributed by atoms with Crippen molar-refractivity contribution in [1.82, 2.24) is 15.3 Å². The second kappa shape index (κ2) is 5.06. The molecule has 74 valence electrons. The van der Waals surface area contributed by atoms with Gasteiger partial charge in [-0.25, -0.2) is 9.97 Å². The summed E-state index contributed by atoms with van der Waals surface area (Å²) in [5, 5.41) is 2.42. The van der Waals surface area contributed by atoms with Gasteiger partial charge in [-0.1, -0.05) is 6.92 Å². The van der Waals surface area contributed by atoms with Crippen molar-refractivity contribution in [1.29, 1.82) is 0 Å². The Morgan fingerprint density at radius 1 is 1.57 bits per heavy atom. The van der Waals surface area contributed by atoms with Crippen molar-refractivity contribution in [2.75, 3.05) is 0 Å². The number of aromatic nitrogens is 2. The highest BCUT2D eigenvalue weighted by atomic mass is 16.1. The third kappa shape index (κ3) is 2.35. The number of carbonyl (C=O) groups excluding carboxylic acids is 2. The van der Waals surface area contributed by atoms with Crippen LogP contribution in [0.4, 0.5) is 0 Å². The third-order valence-corrected chi connectivity index (χ3v) is 1.78. The van der Waals surface area contributed by atoms with Crippen molar-refractivity contribution >= 4 is 12.2 Å². The quantitative estimate of drug-likeness (QED) is 0.535. The molecule has 0 bridgehead atoms. The SMILES string of the molecule is CC[C@H](NC=O)C(=O)c1ncccn1. The largest absolute Gasteiger partial charge is 0.348 e. The molecule has 0 aliphatic carbocycles. The highest BCUT2D eigenvalue weighted by Gasteiger charge is 2.19. The lowest BCUT2D eigenvalue weighted by molar-refractivity contribution is -0.110. The Labute approximate surface area is 81.6 Å². The van der Waals surface area contributed by atoms with Crippen LogP contribution in [0, 0.1) is 0 Å². The van der Waals surface area contributed by atoms with Crippen LogP contribution in [0.3, 0.4) is 0 Å². The van der Waals surface area contributed by atoms with Crippen molar-refractivity contribution in [3.8, 4) is 0 Å². The molecule has 0 radical (unpaired) electrons.